The van der Waals surface area contributed by atoms with Crippen LogP contribution in [0.3, 0.4) is 0 Å². The summed E-state index contributed by atoms with van der Waals surface area (Å²) < 4.78 is 0. The third-order valence-corrected chi connectivity index (χ3v) is 3.02. The summed E-state index contributed by atoms with van der Waals surface area (Å²) in [6, 6.07) is 3.77. The molecule has 2 aromatic rings. The minimum atomic E-state index is -0.282. The summed E-state index contributed by atoms with van der Waals surface area (Å²) in [7, 11) is 0. The first-order chi connectivity index (χ1) is 8.74. The molecule has 3 N–H and O–H groups in total. The van der Waals surface area contributed by atoms with E-state index in [2.05, 4.69) is 20.8 Å². The van der Waals surface area contributed by atoms with Gasteiger partial charge in [-0.3, -0.25) is 14.7 Å². The van der Waals surface area contributed by atoms with Crippen LogP contribution in [0.2, 0.25) is 0 Å². The van der Waals surface area contributed by atoms with Crippen molar-refractivity contribution in [3.63, 3.8) is 0 Å². The number of anilines is 1. The molecule has 0 unspecified atom stereocenters. The lowest BCUT2D eigenvalue weighted by atomic mass is 10.3. The Morgan fingerprint density at radius 3 is 2.94 bits per heavy atom. The van der Waals surface area contributed by atoms with Gasteiger partial charge in [-0.15, -0.1) is 11.3 Å². The van der Waals surface area contributed by atoms with Crippen molar-refractivity contribution in [1.82, 2.24) is 15.5 Å². The first-order valence-electron chi connectivity index (χ1n) is 5.32. The SMILES string of the molecule is O=C(Cc1cccs1)NCC(=O)Nc1cn[nH]c1. The molecule has 2 aromatic heterocycles. The van der Waals surface area contributed by atoms with Gasteiger partial charge in [0.2, 0.25) is 11.8 Å². The molecule has 0 atom stereocenters. The summed E-state index contributed by atoms with van der Waals surface area (Å²) in [4.78, 5) is 23.9. The van der Waals surface area contributed by atoms with Gasteiger partial charge >= 0.3 is 0 Å². The molecule has 0 aromatic carbocycles. The van der Waals surface area contributed by atoms with Crippen molar-refractivity contribution in [3.05, 3.63) is 34.8 Å². The van der Waals surface area contributed by atoms with E-state index in [0.29, 0.717) is 12.1 Å². The van der Waals surface area contributed by atoms with E-state index in [1.165, 1.54) is 17.5 Å². The van der Waals surface area contributed by atoms with Crippen molar-refractivity contribution in [2.45, 2.75) is 6.42 Å². The molecule has 0 saturated heterocycles. The number of amides is 2. The second-order valence-corrected chi connectivity index (χ2v) is 4.60. The van der Waals surface area contributed by atoms with Crippen molar-refractivity contribution < 1.29 is 9.59 Å². The van der Waals surface area contributed by atoms with Crippen LogP contribution in [0.1, 0.15) is 4.88 Å². The fourth-order valence-electron chi connectivity index (χ4n) is 1.34. The van der Waals surface area contributed by atoms with E-state index >= 15 is 0 Å². The maximum absolute atomic E-state index is 11.5. The molecule has 2 amide bonds. The summed E-state index contributed by atoms with van der Waals surface area (Å²) in [6.07, 6.45) is 3.35. The van der Waals surface area contributed by atoms with Gasteiger partial charge in [-0.2, -0.15) is 5.10 Å². The van der Waals surface area contributed by atoms with E-state index in [-0.39, 0.29) is 18.4 Å². The summed E-state index contributed by atoms with van der Waals surface area (Å²) in [5, 5.41) is 13.3. The monoisotopic (exact) mass is 264 g/mol. The summed E-state index contributed by atoms with van der Waals surface area (Å²) in [5.74, 6) is -0.448. The first-order valence-corrected chi connectivity index (χ1v) is 6.20. The molecule has 2 heterocycles. The highest BCUT2D eigenvalue weighted by atomic mass is 32.1. The Morgan fingerprint density at radius 1 is 1.39 bits per heavy atom. The molecule has 0 aliphatic carbocycles. The third kappa shape index (κ3) is 3.70. The molecule has 7 heteroatoms. The molecule has 18 heavy (non-hydrogen) atoms. The first kappa shape index (κ1) is 12.3. The number of nitrogens with one attached hydrogen (secondary N) is 3. The van der Waals surface area contributed by atoms with Crippen LogP contribution < -0.4 is 10.6 Å². The van der Waals surface area contributed by atoms with Crippen molar-refractivity contribution in [2.24, 2.45) is 0 Å². The zero-order valence-electron chi connectivity index (χ0n) is 9.47. The van der Waals surface area contributed by atoms with Crippen molar-refractivity contribution >= 4 is 28.8 Å². The number of nitrogens with zero attached hydrogens (tertiary/aromatic N) is 1. The number of carbonyl (C=O) groups is 2. The fourth-order valence-corrected chi connectivity index (χ4v) is 2.04. The average molecular weight is 264 g/mol. The van der Waals surface area contributed by atoms with Crippen LogP contribution in [0, 0.1) is 0 Å². The predicted molar refractivity (Wildman–Crippen MR) is 68.3 cm³/mol. The Hall–Kier alpha value is -2.15. The summed E-state index contributed by atoms with van der Waals surface area (Å²) in [5.41, 5.74) is 0.576. The minimum Gasteiger partial charge on any atom is -0.347 e. The van der Waals surface area contributed by atoms with Crippen LogP contribution in [-0.4, -0.2) is 28.6 Å². The second kappa shape index (κ2) is 5.97. The van der Waals surface area contributed by atoms with Gasteiger partial charge in [-0.25, -0.2) is 0 Å². The van der Waals surface area contributed by atoms with Crippen LogP contribution in [-0.2, 0) is 16.0 Å². The Kier molecular flexibility index (Phi) is 4.08. The lowest BCUT2D eigenvalue weighted by Gasteiger charge is -2.04. The van der Waals surface area contributed by atoms with Crippen molar-refractivity contribution in [2.75, 3.05) is 11.9 Å². The van der Waals surface area contributed by atoms with Gasteiger partial charge in [0.1, 0.15) is 0 Å². The zero-order chi connectivity index (χ0) is 12.8. The molecule has 0 saturated carbocycles. The molecule has 0 aliphatic heterocycles. The summed E-state index contributed by atoms with van der Waals surface area (Å²) in [6.45, 7) is -0.0462. The maximum Gasteiger partial charge on any atom is 0.243 e. The standard InChI is InChI=1S/C11H12N4O2S/c16-10(4-9-2-1-3-18-9)12-7-11(17)15-8-5-13-14-6-8/h1-3,5-6H,4,7H2,(H,12,16)(H,13,14)(H,15,17). The molecule has 0 radical (unpaired) electrons. The number of H-pyrrole nitrogens is 1. The number of hydrogen-bond acceptors (Lipinski definition) is 4. The van der Waals surface area contributed by atoms with E-state index in [1.807, 2.05) is 17.5 Å². The minimum absolute atomic E-state index is 0.0462. The lowest BCUT2D eigenvalue weighted by molar-refractivity contribution is -0.123. The molecule has 6 nitrogen and oxygen atoms in total. The van der Waals surface area contributed by atoms with E-state index < -0.39 is 0 Å². The highest BCUT2D eigenvalue weighted by Crippen LogP contribution is 2.08. The second-order valence-electron chi connectivity index (χ2n) is 3.57. The van der Waals surface area contributed by atoms with E-state index in [1.54, 1.807) is 6.20 Å². The highest BCUT2D eigenvalue weighted by molar-refractivity contribution is 7.10. The third-order valence-electron chi connectivity index (χ3n) is 2.14. The number of aromatic amines is 1. The molecule has 0 spiro atoms. The van der Waals surface area contributed by atoms with Crippen LogP contribution in [0.5, 0.6) is 0 Å². The normalized spacial score (nSPS) is 10.0. The van der Waals surface area contributed by atoms with Crippen LogP contribution >= 0.6 is 11.3 Å². The molecule has 0 fully saturated rings. The number of aromatic nitrogens is 2. The van der Waals surface area contributed by atoms with Gasteiger partial charge in [0.05, 0.1) is 24.8 Å². The quantitative estimate of drug-likeness (QED) is 0.745. The van der Waals surface area contributed by atoms with Gasteiger partial charge in [0.25, 0.3) is 0 Å². The Labute approximate surface area is 107 Å². The molecule has 94 valence electrons. The number of hydrogen-bond donors (Lipinski definition) is 3. The Morgan fingerprint density at radius 2 is 2.28 bits per heavy atom. The molecule has 0 aliphatic rings. The van der Waals surface area contributed by atoms with E-state index in [4.69, 9.17) is 0 Å². The fraction of sp³-hybridized carbons (Fsp3) is 0.182. The van der Waals surface area contributed by atoms with E-state index in [0.717, 1.165) is 4.88 Å². The number of thiophene rings is 1. The zero-order valence-corrected chi connectivity index (χ0v) is 10.3. The van der Waals surface area contributed by atoms with E-state index in [9.17, 15) is 9.59 Å². The number of carbonyl (C=O) groups excluding carboxylic acids is 2. The predicted octanol–water partition coefficient (Wildman–Crippen LogP) is 0.769. The van der Waals surface area contributed by atoms with Crippen LogP contribution in [0.15, 0.2) is 29.9 Å². The van der Waals surface area contributed by atoms with Gasteiger partial charge in [-0.1, -0.05) is 6.07 Å². The Balaban J connectivity index is 1.71. The topological polar surface area (TPSA) is 86.9 Å². The average Bonchev–Trinajstić information content (AvgIpc) is 2.99. The smallest absolute Gasteiger partial charge is 0.243 e. The van der Waals surface area contributed by atoms with Gasteiger partial charge in [-0.05, 0) is 11.4 Å². The van der Waals surface area contributed by atoms with Crippen molar-refractivity contribution in [1.29, 1.82) is 0 Å². The Bertz CT molecular complexity index is 459. The molecule has 2 rings (SSSR count). The van der Waals surface area contributed by atoms with Gasteiger partial charge in [0, 0.05) is 11.1 Å². The largest absolute Gasteiger partial charge is 0.347 e. The van der Waals surface area contributed by atoms with Crippen LogP contribution in [0.4, 0.5) is 5.69 Å². The number of rotatable bonds is 5. The molecule has 0 bridgehead atoms. The lowest BCUT2D eigenvalue weighted by Crippen LogP contribution is -2.33. The summed E-state index contributed by atoms with van der Waals surface area (Å²) >= 11 is 1.52. The molecular formula is C11H12N4O2S. The van der Waals surface area contributed by atoms with Gasteiger partial charge < -0.3 is 10.6 Å². The van der Waals surface area contributed by atoms with Gasteiger partial charge in [0.15, 0.2) is 0 Å². The molecular weight excluding hydrogens is 252 g/mol. The maximum atomic E-state index is 11.5. The van der Waals surface area contributed by atoms with Crippen molar-refractivity contribution in [3.8, 4) is 0 Å². The van der Waals surface area contributed by atoms with Crippen LogP contribution in [0.25, 0.3) is 0 Å². The highest BCUT2D eigenvalue weighted by Gasteiger charge is 2.07.